The molecule has 0 spiro atoms. The van der Waals surface area contributed by atoms with Crippen LogP contribution in [0.3, 0.4) is 0 Å². The maximum absolute atomic E-state index is 12.7. The summed E-state index contributed by atoms with van der Waals surface area (Å²) >= 11 is 0. The number of carbonyl (C=O) groups excluding carboxylic acids is 1. The van der Waals surface area contributed by atoms with Gasteiger partial charge in [0.15, 0.2) is 0 Å². The SMILES string of the molecule is C[C@@H](CCC(=O)NCCC[N+](C)(C)CCCS(=O)(=O)[O-])[C@H]1CCC2C3C(O)CC4C[C@H](O)CC[C@]4(C)C3C[C@H](O)[C@@]21C. The van der Waals surface area contributed by atoms with Crippen LogP contribution >= 0.6 is 0 Å². The molecule has 1 amide bonds. The summed E-state index contributed by atoms with van der Waals surface area (Å²) in [6.07, 6.45) is 7.35. The van der Waals surface area contributed by atoms with Crippen molar-refractivity contribution >= 4 is 16.0 Å². The number of quaternary nitrogens is 1. The molecule has 4 aliphatic rings. The van der Waals surface area contributed by atoms with Crippen molar-refractivity contribution in [1.82, 2.24) is 5.32 Å². The monoisotopic (exact) mass is 614 g/mol. The van der Waals surface area contributed by atoms with Gasteiger partial charge in [0, 0.05) is 31.6 Å². The highest BCUT2D eigenvalue weighted by Gasteiger charge is 2.65. The number of aliphatic hydroxyl groups excluding tert-OH is 3. The van der Waals surface area contributed by atoms with Crippen molar-refractivity contribution in [3.63, 3.8) is 0 Å². The Bertz CT molecular complexity index is 1050. The Balaban J connectivity index is 1.27. The number of amides is 1. The maximum Gasteiger partial charge on any atom is 0.220 e. The van der Waals surface area contributed by atoms with Crippen LogP contribution in [0.4, 0.5) is 0 Å². The lowest BCUT2D eigenvalue weighted by atomic mass is 9.43. The first-order chi connectivity index (χ1) is 19.5. The smallest absolute Gasteiger partial charge is 0.220 e. The fourth-order valence-electron chi connectivity index (χ4n) is 10.3. The topological polar surface area (TPSA) is 147 Å². The molecular weight excluding hydrogens is 556 g/mol. The first kappa shape index (κ1) is 34.1. The lowest BCUT2D eigenvalue weighted by molar-refractivity contribution is -0.890. The first-order valence-electron chi connectivity index (χ1n) is 16.5. The molecule has 9 nitrogen and oxygen atoms in total. The Morgan fingerprint density at radius 2 is 1.71 bits per heavy atom. The summed E-state index contributed by atoms with van der Waals surface area (Å²) in [4.78, 5) is 12.7. The predicted octanol–water partition coefficient (Wildman–Crippen LogP) is 2.88. The number of aliphatic hydroxyl groups is 3. The second kappa shape index (κ2) is 12.9. The van der Waals surface area contributed by atoms with Crippen molar-refractivity contribution in [2.75, 3.05) is 39.5 Å². The van der Waals surface area contributed by atoms with E-state index in [-0.39, 0.29) is 52.5 Å². The Morgan fingerprint density at radius 3 is 2.40 bits per heavy atom. The van der Waals surface area contributed by atoms with Crippen molar-refractivity contribution in [1.29, 1.82) is 0 Å². The Kier molecular flexibility index (Phi) is 10.5. The lowest BCUT2D eigenvalue weighted by Crippen LogP contribution is -2.62. The van der Waals surface area contributed by atoms with Gasteiger partial charge in [-0.1, -0.05) is 20.8 Å². The molecule has 4 N–H and O–H groups in total. The molecular formula is C32H58N2O7S. The summed E-state index contributed by atoms with van der Waals surface area (Å²) < 4.78 is 33.1. The van der Waals surface area contributed by atoms with E-state index in [1.54, 1.807) is 0 Å². The van der Waals surface area contributed by atoms with Gasteiger partial charge in [0.25, 0.3) is 0 Å². The standard InChI is InChI=1S/C32H58N2O7S/c1-21(8-11-29(38)33-14-6-15-34(4,5)16-7-17-42(39,40)41)24-9-10-25-30-26(20-28(37)32(24,25)3)31(2)13-12-23(35)18-22(31)19-27(30)36/h21-28,30,35-37H,6-20H2,1-5H3,(H-,33,38,39,40,41)/t21-,22?,23+,24+,25?,26?,27?,28-,30?,31-,32+/m0/s1. The molecule has 10 heteroatoms. The zero-order valence-corrected chi connectivity index (χ0v) is 27.4. The minimum Gasteiger partial charge on any atom is -0.748 e. The molecule has 5 unspecified atom stereocenters. The molecule has 0 heterocycles. The van der Waals surface area contributed by atoms with E-state index in [0.29, 0.717) is 48.2 Å². The lowest BCUT2D eigenvalue weighted by Gasteiger charge is -2.63. The summed E-state index contributed by atoms with van der Waals surface area (Å²) in [7, 11) is -0.177. The van der Waals surface area contributed by atoms with E-state index in [0.717, 1.165) is 64.3 Å². The van der Waals surface area contributed by atoms with E-state index < -0.39 is 16.2 Å². The quantitative estimate of drug-likeness (QED) is 0.150. The maximum atomic E-state index is 12.7. The van der Waals surface area contributed by atoms with Gasteiger partial charge in [-0.15, -0.1) is 0 Å². The third-order valence-electron chi connectivity index (χ3n) is 12.8. The van der Waals surface area contributed by atoms with Crippen LogP contribution in [-0.2, 0) is 14.9 Å². The predicted molar refractivity (Wildman–Crippen MR) is 161 cm³/mol. The number of fused-ring (bicyclic) bond motifs is 5. The van der Waals surface area contributed by atoms with Gasteiger partial charge < -0.3 is 29.7 Å². The number of rotatable bonds is 12. The average Bonchev–Trinajstić information content (AvgIpc) is 3.24. The van der Waals surface area contributed by atoms with Gasteiger partial charge in [-0.05, 0) is 97.7 Å². The minimum atomic E-state index is -4.18. The summed E-state index contributed by atoms with van der Waals surface area (Å²) in [5, 5.41) is 36.6. The van der Waals surface area contributed by atoms with Gasteiger partial charge in [-0.25, -0.2) is 8.42 Å². The Morgan fingerprint density at radius 1 is 1.02 bits per heavy atom. The molecule has 0 radical (unpaired) electrons. The molecule has 0 aromatic carbocycles. The molecule has 0 aromatic heterocycles. The number of nitrogens with one attached hydrogen (secondary N) is 1. The van der Waals surface area contributed by atoms with Crippen molar-refractivity contribution in [3.05, 3.63) is 0 Å². The third kappa shape index (κ3) is 7.20. The summed E-state index contributed by atoms with van der Waals surface area (Å²) in [6, 6.07) is 0. The molecule has 244 valence electrons. The van der Waals surface area contributed by atoms with Crippen molar-refractivity contribution in [2.24, 2.45) is 46.3 Å². The van der Waals surface area contributed by atoms with E-state index in [2.05, 4.69) is 26.1 Å². The number of hydrogen-bond donors (Lipinski definition) is 4. The van der Waals surface area contributed by atoms with E-state index >= 15 is 0 Å². The molecule has 4 aliphatic carbocycles. The summed E-state index contributed by atoms with van der Waals surface area (Å²) in [5.41, 5.74) is -0.191. The third-order valence-corrected chi connectivity index (χ3v) is 13.6. The van der Waals surface area contributed by atoms with Crippen LogP contribution in [-0.4, -0.2) is 96.5 Å². The van der Waals surface area contributed by atoms with E-state index in [9.17, 15) is 33.1 Å². The van der Waals surface area contributed by atoms with Crippen LogP contribution in [0, 0.1) is 46.3 Å². The highest BCUT2D eigenvalue weighted by Crippen LogP contribution is 2.68. The first-order valence-corrected chi connectivity index (χ1v) is 18.1. The van der Waals surface area contributed by atoms with Gasteiger partial charge >= 0.3 is 0 Å². The average molecular weight is 615 g/mol. The normalized spacial score (nSPS) is 41.0. The van der Waals surface area contributed by atoms with E-state index in [1.807, 2.05) is 14.1 Å². The molecule has 42 heavy (non-hydrogen) atoms. The van der Waals surface area contributed by atoms with Crippen LogP contribution in [0.2, 0.25) is 0 Å². The molecule has 4 fully saturated rings. The molecule has 11 atom stereocenters. The van der Waals surface area contributed by atoms with Gasteiger partial charge in [-0.3, -0.25) is 4.79 Å². The molecule has 0 saturated heterocycles. The summed E-state index contributed by atoms with van der Waals surface area (Å²) in [6.45, 7) is 8.78. The fraction of sp³-hybridized carbons (Fsp3) is 0.969. The zero-order chi connectivity index (χ0) is 31.1. The highest BCUT2D eigenvalue weighted by atomic mass is 32.2. The van der Waals surface area contributed by atoms with Gasteiger partial charge in [0.05, 0.1) is 55.6 Å². The Hall–Kier alpha value is -0.780. The second-order valence-electron chi connectivity index (χ2n) is 15.7. The largest absolute Gasteiger partial charge is 0.748 e. The van der Waals surface area contributed by atoms with E-state index in [1.165, 1.54) is 0 Å². The van der Waals surface area contributed by atoms with Gasteiger partial charge in [0.1, 0.15) is 0 Å². The van der Waals surface area contributed by atoms with Crippen LogP contribution in [0.1, 0.15) is 91.4 Å². The van der Waals surface area contributed by atoms with Crippen molar-refractivity contribution in [3.8, 4) is 0 Å². The van der Waals surface area contributed by atoms with Crippen LogP contribution in [0.25, 0.3) is 0 Å². The number of hydrogen-bond acceptors (Lipinski definition) is 7. The minimum absolute atomic E-state index is 0.0368. The zero-order valence-electron chi connectivity index (χ0n) is 26.6. The van der Waals surface area contributed by atoms with Crippen molar-refractivity contribution < 1.29 is 37.6 Å². The number of nitrogens with zero attached hydrogens (tertiary/aromatic N) is 1. The van der Waals surface area contributed by atoms with Gasteiger partial charge in [-0.2, -0.15) is 0 Å². The number of carbonyl (C=O) groups is 1. The molecule has 4 rings (SSSR count). The molecule has 0 aliphatic heterocycles. The van der Waals surface area contributed by atoms with E-state index in [4.69, 9.17) is 0 Å². The molecule has 0 bridgehead atoms. The van der Waals surface area contributed by atoms with Crippen LogP contribution in [0.15, 0.2) is 0 Å². The molecule has 0 aromatic rings. The van der Waals surface area contributed by atoms with Crippen LogP contribution < -0.4 is 5.32 Å². The highest BCUT2D eigenvalue weighted by molar-refractivity contribution is 7.85. The van der Waals surface area contributed by atoms with Gasteiger partial charge in [0.2, 0.25) is 5.91 Å². The molecule has 4 saturated carbocycles. The fourth-order valence-corrected chi connectivity index (χ4v) is 10.8. The Labute approximate surface area is 254 Å². The second-order valence-corrected chi connectivity index (χ2v) is 17.3. The summed E-state index contributed by atoms with van der Waals surface area (Å²) in [5.74, 6) is 1.38. The van der Waals surface area contributed by atoms with Crippen LogP contribution in [0.5, 0.6) is 0 Å². The van der Waals surface area contributed by atoms with Crippen molar-refractivity contribution in [2.45, 2.75) is 110 Å².